The van der Waals surface area contributed by atoms with Gasteiger partial charge in [0.1, 0.15) is 11.6 Å². The molecule has 0 amide bonds. The summed E-state index contributed by atoms with van der Waals surface area (Å²) in [5.41, 5.74) is -0.293. The summed E-state index contributed by atoms with van der Waals surface area (Å²) in [7, 11) is -1.90. The molecule has 0 aliphatic carbocycles. The molecular weight excluding hydrogens is 221 g/mol. The lowest BCUT2D eigenvalue weighted by Crippen LogP contribution is -2.33. The van der Waals surface area contributed by atoms with E-state index in [2.05, 4.69) is 0 Å². The maximum Gasteiger partial charge on any atom is 0.491 e. The molecule has 0 saturated heterocycles. The van der Waals surface area contributed by atoms with Gasteiger partial charge in [-0.2, -0.15) is 0 Å². The SMILES string of the molecule is CC(C)Oc1cc(Cl)c(F)c(B(O)O)c1. The predicted molar refractivity (Wildman–Crippen MR) is 57.0 cm³/mol. The van der Waals surface area contributed by atoms with Crippen LogP contribution < -0.4 is 10.2 Å². The average Bonchev–Trinajstić information content (AvgIpc) is 2.09. The molecular formula is C9H11BClFO3. The third-order valence-electron chi connectivity index (χ3n) is 1.68. The maximum atomic E-state index is 13.3. The molecule has 0 radical (unpaired) electrons. The van der Waals surface area contributed by atoms with Crippen LogP contribution in [0.15, 0.2) is 12.1 Å². The van der Waals surface area contributed by atoms with E-state index < -0.39 is 12.9 Å². The third-order valence-corrected chi connectivity index (χ3v) is 1.95. The van der Waals surface area contributed by atoms with Crippen LogP contribution in [-0.2, 0) is 0 Å². The van der Waals surface area contributed by atoms with E-state index in [0.717, 1.165) is 0 Å². The highest BCUT2D eigenvalue weighted by atomic mass is 35.5. The summed E-state index contributed by atoms with van der Waals surface area (Å²) in [4.78, 5) is 0. The molecule has 6 heteroatoms. The Morgan fingerprint density at radius 3 is 2.47 bits per heavy atom. The highest BCUT2D eigenvalue weighted by Crippen LogP contribution is 2.20. The molecule has 1 aromatic rings. The quantitative estimate of drug-likeness (QED) is 0.763. The number of halogens is 2. The van der Waals surface area contributed by atoms with E-state index in [1.165, 1.54) is 12.1 Å². The zero-order valence-corrected chi connectivity index (χ0v) is 9.12. The van der Waals surface area contributed by atoms with Gasteiger partial charge < -0.3 is 14.8 Å². The minimum Gasteiger partial charge on any atom is -0.491 e. The van der Waals surface area contributed by atoms with Crippen molar-refractivity contribution in [3.8, 4) is 5.75 Å². The van der Waals surface area contributed by atoms with Gasteiger partial charge >= 0.3 is 7.12 Å². The fraction of sp³-hybridized carbons (Fsp3) is 0.333. The van der Waals surface area contributed by atoms with Gasteiger partial charge in [-0.25, -0.2) is 4.39 Å². The van der Waals surface area contributed by atoms with Crippen molar-refractivity contribution in [1.29, 1.82) is 0 Å². The minimum atomic E-state index is -1.90. The van der Waals surface area contributed by atoms with Gasteiger partial charge in [0, 0.05) is 11.5 Å². The Balaban J connectivity index is 3.11. The molecule has 0 heterocycles. The van der Waals surface area contributed by atoms with Crippen LogP contribution in [0.25, 0.3) is 0 Å². The van der Waals surface area contributed by atoms with E-state index in [1.54, 1.807) is 13.8 Å². The first-order valence-corrected chi connectivity index (χ1v) is 4.81. The molecule has 0 atom stereocenters. The van der Waals surface area contributed by atoms with Crippen molar-refractivity contribution in [3.05, 3.63) is 23.0 Å². The maximum absolute atomic E-state index is 13.3. The van der Waals surface area contributed by atoms with Gasteiger partial charge in [0.15, 0.2) is 0 Å². The molecule has 82 valence electrons. The standard InChI is InChI=1S/C9H11BClFO3/c1-5(2)15-6-3-7(10(13)14)9(12)8(11)4-6/h3-5,13-14H,1-2H3. The highest BCUT2D eigenvalue weighted by Gasteiger charge is 2.20. The molecule has 1 aromatic carbocycles. The molecule has 0 aromatic heterocycles. The summed E-state index contributed by atoms with van der Waals surface area (Å²) < 4.78 is 18.5. The average molecular weight is 232 g/mol. The van der Waals surface area contributed by atoms with Gasteiger partial charge in [0.25, 0.3) is 0 Å². The first kappa shape index (κ1) is 12.3. The molecule has 1 rings (SSSR count). The third kappa shape index (κ3) is 3.09. The molecule has 0 spiro atoms. The van der Waals surface area contributed by atoms with Crippen molar-refractivity contribution in [2.24, 2.45) is 0 Å². The van der Waals surface area contributed by atoms with Crippen molar-refractivity contribution in [1.82, 2.24) is 0 Å². The van der Waals surface area contributed by atoms with Crippen molar-refractivity contribution in [2.45, 2.75) is 20.0 Å². The van der Waals surface area contributed by atoms with Gasteiger partial charge in [0.2, 0.25) is 0 Å². The number of benzene rings is 1. The van der Waals surface area contributed by atoms with E-state index in [9.17, 15) is 4.39 Å². The molecule has 0 fully saturated rings. The smallest absolute Gasteiger partial charge is 0.491 e. The minimum absolute atomic E-state index is 0.102. The molecule has 3 nitrogen and oxygen atoms in total. The van der Waals surface area contributed by atoms with Crippen molar-refractivity contribution >= 4 is 24.2 Å². The Bertz CT molecular complexity index is 357. The summed E-state index contributed by atoms with van der Waals surface area (Å²) in [5.74, 6) is -0.540. The van der Waals surface area contributed by atoms with Crippen LogP contribution >= 0.6 is 11.6 Å². The van der Waals surface area contributed by atoms with E-state index in [-0.39, 0.29) is 16.6 Å². The zero-order valence-electron chi connectivity index (χ0n) is 8.37. The van der Waals surface area contributed by atoms with Gasteiger partial charge in [-0.05, 0) is 19.9 Å². The van der Waals surface area contributed by atoms with E-state index in [4.69, 9.17) is 26.4 Å². The number of hydrogen-bond acceptors (Lipinski definition) is 3. The second-order valence-corrected chi connectivity index (χ2v) is 3.76. The van der Waals surface area contributed by atoms with Crippen LogP contribution in [0, 0.1) is 5.82 Å². The van der Waals surface area contributed by atoms with Crippen molar-refractivity contribution < 1.29 is 19.2 Å². The highest BCUT2D eigenvalue weighted by molar-refractivity contribution is 6.59. The first-order chi connectivity index (χ1) is 6.91. The molecule has 2 N–H and O–H groups in total. The second-order valence-electron chi connectivity index (χ2n) is 3.35. The van der Waals surface area contributed by atoms with Crippen molar-refractivity contribution in [2.75, 3.05) is 0 Å². The monoisotopic (exact) mass is 232 g/mol. The fourth-order valence-corrected chi connectivity index (χ4v) is 1.33. The van der Waals surface area contributed by atoms with Gasteiger partial charge in [-0.3, -0.25) is 0 Å². The molecule has 0 saturated carbocycles. The van der Waals surface area contributed by atoms with Crippen molar-refractivity contribution in [3.63, 3.8) is 0 Å². The Hall–Kier alpha value is -0.775. The summed E-state index contributed by atoms with van der Waals surface area (Å²) in [6, 6.07) is 2.51. The summed E-state index contributed by atoms with van der Waals surface area (Å²) >= 11 is 5.57. The van der Waals surface area contributed by atoms with Crippen LogP contribution in [-0.4, -0.2) is 23.3 Å². The molecule has 0 bridgehead atoms. The van der Waals surface area contributed by atoms with E-state index >= 15 is 0 Å². The molecule has 0 aliphatic rings. The van der Waals surface area contributed by atoms with Gasteiger partial charge in [-0.1, -0.05) is 11.6 Å². The number of rotatable bonds is 3. The largest absolute Gasteiger partial charge is 0.491 e. The van der Waals surface area contributed by atoms with Crippen LogP contribution in [0.4, 0.5) is 4.39 Å². The summed E-state index contributed by atoms with van der Waals surface area (Å²) in [6.45, 7) is 3.60. The lowest BCUT2D eigenvalue weighted by atomic mass is 9.80. The van der Waals surface area contributed by atoms with E-state index in [1.807, 2.05) is 0 Å². The van der Waals surface area contributed by atoms with E-state index in [0.29, 0.717) is 5.75 Å². The zero-order chi connectivity index (χ0) is 11.6. The predicted octanol–water partition coefficient (Wildman–Crippen LogP) is 0.946. The fourth-order valence-electron chi connectivity index (χ4n) is 1.11. The normalized spacial score (nSPS) is 10.6. The van der Waals surface area contributed by atoms with Crippen LogP contribution in [0.2, 0.25) is 5.02 Å². The molecule has 0 unspecified atom stereocenters. The summed E-state index contributed by atoms with van der Waals surface area (Å²) in [5, 5.41) is 17.6. The van der Waals surface area contributed by atoms with Crippen LogP contribution in [0.3, 0.4) is 0 Å². The van der Waals surface area contributed by atoms with Crippen LogP contribution in [0.1, 0.15) is 13.8 Å². The Labute approximate surface area is 92.6 Å². The number of hydrogen-bond donors (Lipinski definition) is 2. The Kier molecular flexibility index (Phi) is 3.96. The van der Waals surface area contributed by atoms with Gasteiger partial charge in [-0.15, -0.1) is 0 Å². The number of ether oxygens (including phenoxy) is 1. The lowest BCUT2D eigenvalue weighted by molar-refractivity contribution is 0.242. The molecule has 15 heavy (non-hydrogen) atoms. The Morgan fingerprint density at radius 2 is 2.00 bits per heavy atom. The van der Waals surface area contributed by atoms with Crippen LogP contribution in [0.5, 0.6) is 5.75 Å². The second kappa shape index (κ2) is 4.83. The molecule has 0 aliphatic heterocycles. The Morgan fingerprint density at radius 1 is 1.40 bits per heavy atom. The van der Waals surface area contributed by atoms with Gasteiger partial charge in [0.05, 0.1) is 11.1 Å². The first-order valence-electron chi connectivity index (χ1n) is 4.43. The summed E-state index contributed by atoms with van der Waals surface area (Å²) in [6.07, 6.45) is -0.102. The lowest BCUT2D eigenvalue weighted by Gasteiger charge is -2.12. The topological polar surface area (TPSA) is 49.7 Å².